The molecule has 0 aliphatic heterocycles. The van der Waals surface area contributed by atoms with Gasteiger partial charge in [-0.3, -0.25) is 0 Å². The highest BCUT2D eigenvalue weighted by Crippen LogP contribution is 2.31. The highest BCUT2D eigenvalue weighted by atomic mass is 16.3. The van der Waals surface area contributed by atoms with Gasteiger partial charge >= 0.3 is 0 Å². The van der Waals surface area contributed by atoms with Gasteiger partial charge in [-0.1, -0.05) is 58.0 Å². The predicted molar refractivity (Wildman–Crippen MR) is 93.8 cm³/mol. The Morgan fingerprint density at radius 3 is 1.86 bits per heavy atom. The van der Waals surface area contributed by atoms with Crippen LogP contribution in [0.3, 0.4) is 0 Å². The maximum Gasteiger partial charge on any atom is 0.121 e. The average Bonchev–Trinajstić information content (AvgIpc) is 2.45. The Hall–Kier alpha value is -1.96. The van der Waals surface area contributed by atoms with E-state index < -0.39 is 0 Å². The number of rotatable bonds is 1. The summed E-state index contributed by atoms with van der Waals surface area (Å²) in [4.78, 5) is 0. The lowest BCUT2D eigenvalue weighted by molar-refractivity contribution is 0.446. The number of hydrogen-bond acceptors (Lipinski definition) is 2. The zero-order valence-electron chi connectivity index (χ0n) is 14.6. The van der Waals surface area contributed by atoms with Crippen molar-refractivity contribution >= 4 is 0 Å². The van der Waals surface area contributed by atoms with Crippen molar-refractivity contribution in [3.8, 4) is 11.5 Å². The fourth-order valence-corrected chi connectivity index (χ4v) is 2.21. The summed E-state index contributed by atoms with van der Waals surface area (Å²) in [7, 11) is 0. The van der Waals surface area contributed by atoms with Crippen LogP contribution in [-0.4, -0.2) is 10.2 Å². The number of benzene rings is 2. The normalized spacial score (nSPS) is 10.8. The highest BCUT2D eigenvalue weighted by molar-refractivity contribution is 5.40. The number of hydrogen-bond donors (Lipinski definition) is 2. The number of para-hydroxylation sites is 1. The van der Waals surface area contributed by atoms with Crippen molar-refractivity contribution in [3.05, 3.63) is 58.7 Å². The van der Waals surface area contributed by atoms with Crippen LogP contribution in [0.2, 0.25) is 0 Å². The number of aryl methyl sites for hydroxylation is 3. The van der Waals surface area contributed by atoms with Crippen molar-refractivity contribution in [1.29, 1.82) is 0 Å². The first-order valence-corrected chi connectivity index (χ1v) is 7.74. The fourth-order valence-electron chi connectivity index (χ4n) is 2.21. The summed E-state index contributed by atoms with van der Waals surface area (Å²) in [5.41, 5.74) is 4.22. The van der Waals surface area contributed by atoms with Gasteiger partial charge in [-0.05, 0) is 54.0 Å². The summed E-state index contributed by atoms with van der Waals surface area (Å²) in [6.07, 6.45) is 1.02. The molecule has 0 atom stereocenters. The van der Waals surface area contributed by atoms with Gasteiger partial charge < -0.3 is 10.2 Å². The first kappa shape index (κ1) is 18.1. The SMILES string of the molecule is CCc1ccc(O)c(C(C)(C)C)c1.Cc1cccc(C)c1O. The molecule has 0 bridgehead atoms. The van der Waals surface area contributed by atoms with Crippen LogP contribution in [0, 0.1) is 13.8 Å². The number of phenols is 2. The van der Waals surface area contributed by atoms with Gasteiger partial charge in [-0.15, -0.1) is 0 Å². The standard InChI is InChI=1S/C12H18O.C8H10O/c1-5-9-6-7-11(13)10(8-9)12(2,3)4;1-6-4-3-5-7(2)8(6)9/h6-8,13H,5H2,1-4H3;3-5,9H,1-2H3. The van der Waals surface area contributed by atoms with Gasteiger partial charge in [-0.2, -0.15) is 0 Å². The van der Waals surface area contributed by atoms with Gasteiger partial charge in [0, 0.05) is 0 Å². The third-order valence-electron chi connectivity index (χ3n) is 3.72. The molecule has 2 aromatic rings. The molecule has 2 aromatic carbocycles. The van der Waals surface area contributed by atoms with E-state index in [4.69, 9.17) is 0 Å². The Morgan fingerprint density at radius 2 is 1.45 bits per heavy atom. The smallest absolute Gasteiger partial charge is 0.121 e. The van der Waals surface area contributed by atoms with E-state index in [2.05, 4.69) is 33.8 Å². The molecule has 0 spiro atoms. The lowest BCUT2D eigenvalue weighted by Gasteiger charge is -2.21. The predicted octanol–water partition coefficient (Wildman–Crippen LogP) is 5.26. The van der Waals surface area contributed by atoms with Crippen LogP contribution in [-0.2, 0) is 11.8 Å². The molecule has 0 fully saturated rings. The van der Waals surface area contributed by atoms with Gasteiger partial charge in [0.05, 0.1) is 0 Å². The molecule has 2 heteroatoms. The molecule has 22 heavy (non-hydrogen) atoms. The fraction of sp³-hybridized carbons (Fsp3) is 0.400. The topological polar surface area (TPSA) is 40.5 Å². The van der Waals surface area contributed by atoms with Crippen molar-refractivity contribution in [2.45, 2.75) is 53.4 Å². The zero-order valence-corrected chi connectivity index (χ0v) is 14.6. The summed E-state index contributed by atoms with van der Waals surface area (Å²) in [5.74, 6) is 0.821. The monoisotopic (exact) mass is 300 g/mol. The quantitative estimate of drug-likeness (QED) is 0.754. The van der Waals surface area contributed by atoms with Gasteiger partial charge in [0.25, 0.3) is 0 Å². The molecule has 0 aromatic heterocycles. The Labute approximate surface area is 134 Å². The first-order chi connectivity index (χ1) is 10.2. The Balaban J connectivity index is 0.000000235. The molecular weight excluding hydrogens is 272 g/mol. The van der Waals surface area contributed by atoms with Crippen LogP contribution in [0.4, 0.5) is 0 Å². The lowest BCUT2D eigenvalue weighted by atomic mass is 9.85. The molecule has 0 unspecified atom stereocenters. The third kappa shape index (κ3) is 4.80. The van der Waals surface area contributed by atoms with E-state index in [0.29, 0.717) is 11.5 Å². The van der Waals surface area contributed by atoms with Gasteiger partial charge in [0.1, 0.15) is 11.5 Å². The van der Waals surface area contributed by atoms with Crippen LogP contribution < -0.4 is 0 Å². The summed E-state index contributed by atoms with van der Waals surface area (Å²) in [6, 6.07) is 11.6. The van der Waals surface area contributed by atoms with Gasteiger partial charge in [-0.25, -0.2) is 0 Å². The van der Waals surface area contributed by atoms with E-state index >= 15 is 0 Å². The molecule has 0 saturated heterocycles. The van der Waals surface area contributed by atoms with E-state index in [-0.39, 0.29) is 5.41 Å². The number of phenolic OH excluding ortho intramolecular Hbond substituents is 2. The maximum absolute atomic E-state index is 9.67. The molecule has 0 aliphatic rings. The van der Waals surface area contributed by atoms with E-state index in [1.165, 1.54) is 5.56 Å². The molecule has 0 heterocycles. The van der Waals surface area contributed by atoms with Crippen molar-refractivity contribution < 1.29 is 10.2 Å². The van der Waals surface area contributed by atoms with Crippen LogP contribution in [0.5, 0.6) is 11.5 Å². The van der Waals surface area contributed by atoms with Crippen molar-refractivity contribution in [2.24, 2.45) is 0 Å². The molecule has 0 aliphatic carbocycles. The first-order valence-electron chi connectivity index (χ1n) is 7.74. The van der Waals surface area contributed by atoms with Crippen LogP contribution in [0.1, 0.15) is 49.9 Å². The molecule has 120 valence electrons. The minimum absolute atomic E-state index is 0.0231. The number of aromatic hydroxyl groups is 2. The highest BCUT2D eigenvalue weighted by Gasteiger charge is 2.17. The third-order valence-corrected chi connectivity index (χ3v) is 3.72. The molecule has 2 nitrogen and oxygen atoms in total. The zero-order chi connectivity index (χ0) is 16.9. The molecular formula is C20H28O2. The van der Waals surface area contributed by atoms with Crippen molar-refractivity contribution in [3.63, 3.8) is 0 Å². The van der Waals surface area contributed by atoms with Crippen LogP contribution in [0.15, 0.2) is 36.4 Å². The minimum Gasteiger partial charge on any atom is -0.508 e. The molecule has 2 rings (SSSR count). The lowest BCUT2D eigenvalue weighted by Crippen LogP contribution is -2.11. The second-order valence-corrected chi connectivity index (χ2v) is 6.70. The second kappa shape index (κ2) is 7.35. The Kier molecular flexibility index (Phi) is 6.04. The van der Waals surface area contributed by atoms with Crippen LogP contribution >= 0.6 is 0 Å². The maximum atomic E-state index is 9.67. The summed E-state index contributed by atoms with van der Waals surface area (Å²) in [6.45, 7) is 12.2. The Morgan fingerprint density at radius 1 is 0.909 bits per heavy atom. The Bertz CT molecular complexity index is 602. The van der Waals surface area contributed by atoms with Crippen molar-refractivity contribution in [2.75, 3.05) is 0 Å². The van der Waals surface area contributed by atoms with E-state index in [9.17, 15) is 10.2 Å². The second-order valence-electron chi connectivity index (χ2n) is 6.70. The van der Waals surface area contributed by atoms with Gasteiger partial charge in [0.15, 0.2) is 0 Å². The summed E-state index contributed by atoms with van der Waals surface area (Å²) < 4.78 is 0. The van der Waals surface area contributed by atoms with E-state index in [1.54, 1.807) is 6.07 Å². The van der Waals surface area contributed by atoms with Crippen molar-refractivity contribution in [1.82, 2.24) is 0 Å². The molecule has 0 saturated carbocycles. The largest absolute Gasteiger partial charge is 0.508 e. The van der Waals surface area contributed by atoms with Crippen LogP contribution in [0.25, 0.3) is 0 Å². The van der Waals surface area contributed by atoms with E-state index in [1.807, 2.05) is 38.1 Å². The summed E-state index contributed by atoms with van der Waals surface area (Å²) >= 11 is 0. The average molecular weight is 300 g/mol. The molecule has 2 N–H and O–H groups in total. The van der Waals surface area contributed by atoms with Gasteiger partial charge in [0.2, 0.25) is 0 Å². The molecule has 0 amide bonds. The van der Waals surface area contributed by atoms with E-state index in [0.717, 1.165) is 23.1 Å². The minimum atomic E-state index is 0.0231. The summed E-state index contributed by atoms with van der Waals surface area (Å²) in [5, 5.41) is 18.9. The molecule has 0 radical (unpaired) electrons.